The van der Waals surface area contributed by atoms with Gasteiger partial charge in [0.05, 0.1) is 6.04 Å². The third kappa shape index (κ3) is 8.08. The molecule has 0 fully saturated rings. The molecule has 24 heavy (non-hydrogen) atoms. The number of amides is 1. The molecule has 0 saturated heterocycles. The van der Waals surface area contributed by atoms with E-state index in [1.807, 2.05) is 37.3 Å². The lowest BCUT2D eigenvalue weighted by molar-refractivity contribution is -0.525. The van der Waals surface area contributed by atoms with Crippen LogP contribution in [-0.4, -0.2) is 35.5 Å². The Labute approximate surface area is 140 Å². The molecule has 0 aliphatic carbocycles. The highest BCUT2D eigenvalue weighted by Gasteiger charge is 2.16. The fraction of sp³-hybridized carbons (Fsp3) is 0.467. The van der Waals surface area contributed by atoms with Gasteiger partial charge in [0, 0.05) is 12.6 Å². The Morgan fingerprint density at radius 1 is 1.38 bits per heavy atom. The number of nitrogens with zero attached hydrogens (tertiary/aromatic N) is 2. The lowest BCUT2D eigenvalue weighted by Crippen LogP contribution is -2.45. The summed E-state index contributed by atoms with van der Waals surface area (Å²) in [6.07, 6.45) is 1.78. The van der Waals surface area contributed by atoms with E-state index in [9.17, 15) is 14.9 Å². The number of nitrogens with two attached hydrogens (primary N) is 2. The van der Waals surface area contributed by atoms with Crippen molar-refractivity contribution in [3.63, 3.8) is 0 Å². The van der Waals surface area contributed by atoms with E-state index >= 15 is 0 Å². The van der Waals surface area contributed by atoms with Crippen molar-refractivity contribution in [2.75, 3.05) is 6.54 Å². The monoisotopic (exact) mass is 336 g/mol. The predicted molar refractivity (Wildman–Crippen MR) is 91.6 cm³/mol. The van der Waals surface area contributed by atoms with E-state index in [1.165, 1.54) is 0 Å². The number of hydrogen-bond acceptors (Lipinski definition) is 5. The largest absolute Gasteiger partial charge is 0.365 e. The molecule has 1 aromatic carbocycles. The smallest absolute Gasteiger partial charge is 0.251 e. The number of nitrogens with one attached hydrogen (secondary N) is 2. The van der Waals surface area contributed by atoms with E-state index in [-0.39, 0.29) is 17.9 Å². The van der Waals surface area contributed by atoms with Gasteiger partial charge in [0.25, 0.3) is 5.96 Å². The zero-order chi connectivity index (χ0) is 17.9. The van der Waals surface area contributed by atoms with E-state index in [0.717, 1.165) is 5.56 Å². The second kappa shape index (κ2) is 10.2. The molecular weight excluding hydrogens is 312 g/mol. The molecule has 1 amide bonds. The van der Waals surface area contributed by atoms with E-state index in [0.29, 0.717) is 25.8 Å². The molecule has 0 radical (unpaired) electrons. The Morgan fingerprint density at radius 2 is 2.04 bits per heavy atom. The minimum Gasteiger partial charge on any atom is -0.365 e. The first-order valence-corrected chi connectivity index (χ1v) is 7.69. The summed E-state index contributed by atoms with van der Waals surface area (Å²) in [6, 6.07) is 8.90. The third-order valence-corrected chi connectivity index (χ3v) is 3.31. The number of hydrogen-bond donors (Lipinski definition) is 4. The summed E-state index contributed by atoms with van der Waals surface area (Å²) in [6.45, 7) is 2.21. The normalized spacial score (nSPS) is 13.8. The molecule has 0 aromatic heterocycles. The molecule has 0 unspecified atom stereocenters. The Bertz CT molecular complexity index is 564. The number of hydrazine groups is 1. The van der Waals surface area contributed by atoms with E-state index < -0.39 is 11.1 Å². The Kier molecular flexibility index (Phi) is 8.20. The quantitative estimate of drug-likeness (QED) is 0.163. The standard InChI is InChI=1S/C15H24N6O3/c1-11(6-5-9-18-15(17)20-21(23)24)19-14(22)13(16)10-12-7-3-2-4-8-12/h2-4,7-8,11,13H,5-6,9-10,16H2,1H3,(H,19,22)(H3,17,18,20)/t11-,13+/m0/s1. The number of benzene rings is 1. The van der Waals surface area contributed by atoms with Gasteiger partial charge in [0.1, 0.15) is 0 Å². The molecule has 0 heterocycles. The Balaban J connectivity index is 2.27. The van der Waals surface area contributed by atoms with Crippen molar-refractivity contribution < 1.29 is 9.83 Å². The highest BCUT2D eigenvalue weighted by Crippen LogP contribution is 2.03. The molecule has 0 bridgehead atoms. The number of rotatable bonds is 9. The molecule has 0 saturated carbocycles. The third-order valence-electron chi connectivity index (χ3n) is 3.31. The maximum absolute atomic E-state index is 12.1. The van der Waals surface area contributed by atoms with E-state index in [4.69, 9.17) is 11.5 Å². The lowest BCUT2D eigenvalue weighted by atomic mass is 10.1. The zero-order valence-electron chi connectivity index (χ0n) is 13.6. The number of guanidine groups is 1. The minimum absolute atomic E-state index is 0.0702. The van der Waals surface area contributed by atoms with Crippen molar-refractivity contribution in [1.82, 2.24) is 10.7 Å². The highest BCUT2D eigenvalue weighted by molar-refractivity contribution is 5.82. The van der Waals surface area contributed by atoms with Crippen molar-refractivity contribution in [3.8, 4) is 0 Å². The first-order chi connectivity index (χ1) is 11.4. The maximum Gasteiger partial charge on any atom is 0.251 e. The van der Waals surface area contributed by atoms with Crippen LogP contribution in [0.4, 0.5) is 0 Å². The van der Waals surface area contributed by atoms with Crippen LogP contribution in [0, 0.1) is 10.1 Å². The number of carbonyl (C=O) groups is 1. The summed E-state index contributed by atoms with van der Waals surface area (Å²) in [5.74, 6) is -0.439. The van der Waals surface area contributed by atoms with Gasteiger partial charge in [0.2, 0.25) is 5.91 Å². The van der Waals surface area contributed by atoms with Crippen LogP contribution < -0.4 is 22.2 Å². The van der Waals surface area contributed by atoms with Crippen LogP contribution in [0.2, 0.25) is 0 Å². The van der Waals surface area contributed by atoms with Gasteiger partial charge in [-0.3, -0.25) is 4.79 Å². The molecule has 0 spiro atoms. The van der Waals surface area contributed by atoms with Gasteiger partial charge < -0.3 is 16.8 Å². The van der Waals surface area contributed by atoms with Crippen LogP contribution in [0.15, 0.2) is 35.3 Å². The summed E-state index contributed by atoms with van der Waals surface area (Å²) in [5, 5.41) is 12.2. The highest BCUT2D eigenvalue weighted by atomic mass is 16.7. The maximum atomic E-state index is 12.1. The minimum atomic E-state index is -0.768. The Morgan fingerprint density at radius 3 is 2.67 bits per heavy atom. The topological polar surface area (TPSA) is 149 Å². The molecule has 9 nitrogen and oxygen atoms in total. The number of carbonyl (C=O) groups excluding carboxylic acids is 1. The first-order valence-electron chi connectivity index (χ1n) is 7.69. The van der Waals surface area contributed by atoms with Crippen molar-refractivity contribution in [2.45, 2.75) is 38.3 Å². The van der Waals surface area contributed by atoms with Gasteiger partial charge in [-0.05, 0) is 31.7 Å². The summed E-state index contributed by atoms with van der Waals surface area (Å²) in [7, 11) is 0. The van der Waals surface area contributed by atoms with Crippen LogP contribution in [-0.2, 0) is 11.2 Å². The zero-order valence-corrected chi connectivity index (χ0v) is 13.6. The van der Waals surface area contributed by atoms with Crippen molar-refractivity contribution in [1.29, 1.82) is 0 Å². The molecule has 9 heteroatoms. The van der Waals surface area contributed by atoms with Gasteiger partial charge in [-0.1, -0.05) is 35.8 Å². The molecule has 6 N–H and O–H groups in total. The second-order valence-electron chi connectivity index (χ2n) is 5.48. The number of nitro groups is 1. The van der Waals surface area contributed by atoms with Gasteiger partial charge in [0.15, 0.2) is 5.03 Å². The van der Waals surface area contributed by atoms with E-state index in [2.05, 4.69) is 10.3 Å². The molecule has 0 aliphatic rings. The van der Waals surface area contributed by atoms with Gasteiger partial charge in [-0.25, -0.2) is 15.1 Å². The van der Waals surface area contributed by atoms with Crippen LogP contribution >= 0.6 is 0 Å². The molecule has 0 aliphatic heterocycles. The fourth-order valence-corrected chi connectivity index (χ4v) is 2.11. The molecular formula is C15H24N6O3. The lowest BCUT2D eigenvalue weighted by Gasteiger charge is -2.17. The van der Waals surface area contributed by atoms with Crippen molar-refractivity contribution in [2.24, 2.45) is 16.5 Å². The molecule has 1 aromatic rings. The van der Waals surface area contributed by atoms with Crippen LogP contribution in [0.3, 0.4) is 0 Å². The van der Waals surface area contributed by atoms with Crippen molar-refractivity contribution in [3.05, 3.63) is 46.0 Å². The van der Waals surface area contributed by atoms with E-state index in [1.54, 1.807) is 5.43 Å². The average molecular weight is 336 g/mol. The van der Waals surface area contributed by atoms with Gasteiger partial charge in [-0.15, -0.1) is 0 Å². The van der Waals surface area contributed by atoms with Crippen molar-refractivity contribution >= 4 is 11.9 Å². The van der Waals surface area contributed by atoms with Gasteiger partial charge in [-0.2, -0.15) is 0 Å². The van der Waals surface area contributed by atoms with Crippen LogP contribution in [0.1, 0.15) is 25.3 Å². The Hall–Kier alpha value is -2.68. The molecule has 1 rings (SSSR count). The summed E-state index contributed by atoms with van der Waals surface area (Å²) in [4.78, 5) is 26.0. The number of aliphatic imine (C=N–C) groups is 1. The summed E-state index contributed by atoms with van der Waals surface area (Å²) >= 11 is 0. The second-order valence-corrected chi connectivity index (χ2v) is 5.48. The predicted octanol–water partition coefficient (Wildman–Crippen LogP) is -0.0627. The fourth-order valence-electron chi connectivity index (χ4n) is 2.11. The summed E-state index contributed by atoms with van der Waals surface area (Å²) < 4.78 is 0. The molecule has 132 valence electrons. The SMILES string of the molecule is C[C@@H](CCCN=C(N)N[N+](=O)[O-])NC(=O)[C@H](N)Cc1ccccc1. The van der Waals surface area contributed by atoms with Crippen LogP contribution in [0.25, 0.3) is 0 Å². The molecule has 2 atom stereocenters. The van der Waals surface area contributed by atoms with Gasteiger partial charge >= 0.3 is 0 Å². The van der Waals surface area contributed by atoms with Crippen LogP contribution in [0.5, 0.6) is 0 Å². The summed E-state index contributed by atoms with van der Waals surface area (Å²) in [5.41, 5.74) is 14.0. The average Bonchev–Trinajstić information content (AvgIpc) is 2.51. The first kappa shape index (κ1) is 19.4.